The van der Waals surface area contributed by atoms with Crippen LogP contribution in [0.4, 0.5) is 5.69 Å². The fourth-order valence-electron chi connectivity index (χ4n) is 1.78. The van der Waals surface area contributed by atoms with Crippen LogP contribution in [0.15, 0.2) is 18.2 Å². The largest absolute Gasteiger partial charge is 0.465 e. The van der Waals surface area contributed by atoms with Crippen LogP contribution in [-0.4, -0.2) is 56.6 Å². The molecule has 8 heteroatoms. The van der Waals surface area contributed by atoms with Gasteiger partial charge in [-0.05, 0) is 18.2 Å². The Labute approximate surface area is 139 Å². The summed E-state index contributed by atoms with van der Waals surface area (Å²) in [7, 11) is 2.77. The maximum atomic E-state index is 12.1. The molecule has 0 heterocycles. The number of anilines is 1. The molecule has 0 aliphatic heterocycles. The first-order valence-electron chi connectivity index (χ1n) is 6.81. The van der Waals surface area contributed by atoms with Crippen LogP contribution < -0.4 is 5.32 Å². The van der Waals surface area contributed by atoms with E-state index < -0.39 is 11.9 Å². The van der Waals surface area contributed by atoms with Gasteiger partial charge in [0.25, 0.3) is 0 Å². The first kappa shape index (κ1) is 18.9. The maximum Gasteiger partial charge on any atom is 0.337 e. The summed E-state index contributed by atoms with van der Waals surface area (Å²) in [5.74, 6) is -1.21. The van der Waals surface area contributed by atoms with Gasteiger partial charge in [-0.25, -0.2) is 4.79 Å². The highest BCUT2D eigenvalue weighted by Crippen LogP contribution is 2.23. The lowest BCUT2D eigenvalue weighted by atomic mass is 10.2. The predicted octanol–water partition coefficient (Wildman–Crippen LogP) is 1.56. The molecular formula is C15H19ClN2O5. The van der Waals surface area contributed by atoms with Crippen LogP contribution in [0.2, 0.25) is 5.02 Å². The molecule has 0 bridgehead atoms. The molecule has 23 heavy (non-hydrogen) atoms. The van der Waals surface area contributed by atoms with Gasteiger partial charge in [-0.3, -0.25) is 9.59 Å². The van der Waals surface area contributed by atoms with E-state index in [2.05, 4.69) is 10.1 Å². The van der Waals surface area contributed by atoms with E-state index in [0.29, 0.717) is 13.2 Å². The van der Waals surface area contributed by atoms with Crippen LogP contribution in [0.5, 0.6) is 0 Å². The second-order valence-corrected chi connectivity index (χ2v) is 5.07. The fourth-order valence-corrected chi connectivity index (χ4v) is 1.94. The highest BCUT2D eigenvalue weighted by atomic mass is 35.5. The third-order valence-electron chi connectivity index (χ3n) is 3.01. The lowest BCUT2D eigenvalue weighted by molar-refractivity contribution is -0.133. The van der Waals surface area contributed by atoms with Gasteiger partial charge < -0.3 is 19.7 Å². The van der Waals surface area contributed by atoms with Gasteiger partial charge in [0, 0.05) is 20.6 Å². The second kappa shape index (κ2) is 9.12. The van der Waals surface area contributed by atoms with E-state index in [1.165, 1.54) is 44.2 Å². The number of amides is 2. The number of esters is 1. The Bertz CT molecular complexity index is 591. The summed E-state index contributed by atoms with van der Waals surface area (Å²) < 4.78 is 9.51. The van der Waals surface area contributed by atoms with Crippen LogP contribution >= 0.6 is 11.6 Å². The Morgan fingerprint density at radius 1 is 1.26 bits per heavy atom. The number of benzene rings is 1. The smallest absolute Gasteiger partial charge is 0.337 e. The normalized spacial score (nSPS) is 10.1. The average Bonchev–Trinajstić information content (AvgIpc) is 2.52. The minimum Gasteiger partial charge on any atom is -0.465 e. The summed E-state index contributed by atoms with van der Waals surface area (Å²) in [6.07, 6.45) is 0. The van der Waals surface area contributed by atoms with Crippen LogP contribution in [0.25, 0.3) is 0 Å². The number of hydrogen-bond donors (Lipinski definition) is 1. The molecule has 1 aromatic rings. The minimum atomic E-state index is -0.539. The molecule has 0 radical (unpaired) electrons. The predicted molar refractivity (Wildman–Crippen MR) is 85.6 cm³/mol. The Hall–Kier alpha value is -2.12. The van der Waals surface area contributed by atoms with Crippen LogP contribution in [-0.2, 0) is 19.1 Å². The van der Waals surface area contributed by atoms with E-state index in [4.69, 9.17) is 16.3 Å². The van der Waals surface area contributed by atoms with Gasteiger partial charge in [-0.2, -0.15) is 0 Å². The van der Waals surface area contributed by atoms with Gasteiger partial charge in [0.1, 0.15) is 0 Å². The van der Waals surface area contributed by atoms with Crippen molar-refractivity contribution in [1.29, 1.82) is 0 Å². The van der Waals surface area contributed by atoms with E-state index in [1.807, 2.05) is 0 Å². The molecule has 7 nitrogen and oxygen atoms in total. The van der Waals surface area contributed by atoms with Gasteiger partial charge in [0.05, 0.1) is 36.5 Å². The number of nitrogens with one attached hydrogen (secondary N) is 1. The standard InChI is InChI=1S/C15H19ClN2O5/c1-10(19)18(6-7-22-2)9-14(20)17-13-8-11(15(21)23-3)4-5-12(13)16/h4-5,8H,6-7,9H2,1-3H3,(H,17,20). The Balaban J connectivity index is 2.79. The van der Waals surface area contributed by atoms with Gasteiger partial charge in [0.2, 0.25) is 11.8 Å². The number of methoxy groups -OCH3 is 2. The van der Waals surface area contributed by atoms with Gasteiger partial charge in [-0.1, -0.05) is 11.6 Å². The number of nitrogens with zero attached hydrogens (tertiary/aromatic N) is 1. The van der Waals surface area contributed by atoms with E-state index in [9.17, 15) is 14.4 Å². The van der Waals surface area contributed by atoms with E-state index in [0.717, 1.165) is 0 Å². The topological polar surface area (TPSA) is 84.9 Å². The zero-order valence-electron chi connectivity index (χ0n) is 13.2. The molecule has 1 aromatic carbocycles. The Kier molecular flexibility index (Phi) is 7.50. The van der Waals surface area contributed by atoms with E-state index >= 15 is 0 Å². The summed E-state index contributed by atoms with van der Waals surface area (Å²) in [6, 6.07) is 4.39. The third kappa shape index (κ3) is 5.88. The third-order valence-corrected chi connectivity index (χ3v) is 3.34. The number of hydrogen-bond acceptors (Lipinski definition) is 5. The molecule has 1 rings (SSSR count). The maximum absolute atomic E-state index is 12.1. The molecule has 0 aromatic heterocycles. The zero-order chi connectivity index (χ0) is 17.4. The van der Waals surface area contributed by atoms with Crippen molar-refractivity contribution in [1.82, 2.24) is 4.90 Å². The summed E-state index contributed by atoms with van der Waals surface area (Å²) in [5.41, 5.74) is 0.532. The zero-order valence-corrected chi connectivity index (χ0v) is 14.0. The molecule has 126 valence electrons. The lowest BCUT2D eigenvalue weighted by Crippen LogP contribution is -2.38. The molecule has 0 fully saturated rings. The highest BCUT2D eigenvalue weighted by molar-refractivity contribution is 6.33. The second-order valence-electron chi connectivity index (χ2n) is 4.67. The number of carbonyl (C=O) groups is 3. The number of halogens is 1. The summed E-state index contributed by atoms with van der Waals surface area (Å²) in [5, 5.41) is 2.85. The quantitative estimate of drug-likeness (QED) is 0.760. The highest BCUT2D eigenvalue weighted by Gasteiger charge is 2.15. The number of rotatable bonds is 7. The molecule has 2 amide bonds. The van der Waals surface area contributed by atoms with Crippen LogP contribution in [0.3, 0.4) is 0 Å². The molecular weight excluding hydrogens is 324 g/mol. The van der Waals surface area contributed by atoms with Crippen molar-refractivity contribution in [2.75, 3.05) is 39.2 Å². The van der Waals surface area contributed by atoms with Gasteiger partial charge in [-0.15, -0.1) is 0 Å². The van der Waals surface area contributed by atoms with Crippen LogP contribution in [0, 0.1) is 0 Å². The SMILES string of the molecule is COCCN(CC(=O)Nc1cc(C(=O)OC)ccc1Cl)C(C)=O. The van der Waals surface area contributed by atoms with E-state index in [-0.39, 0.29) is 28.7 Å². The number of carbonyl (C=O) groups excluding carboxylic acids is 3. The van der Waals surface area contributed by atoms with Crippen molar-refractivity contribution in [2.24, 2.45) is 0 Å². The molecule has 0 atom stereocenters. The summed E-state index contributed by atoms with van der Waals surface area (Å²) >= 11 is 6.00. The molecule has 0 aliphatic carbocycles. The molecule has 1 N–H and O–H groups in total. The Morgan fingerprint density at radius 2 is 1.96 bits per heavy atom. The molecule has 0 unspecified atom stereocenters. The van der Waals surface area contributed by atoms with Crippen molar-refractivity contribution >= 4 is 35.1 Å². The summed E-state index contributed by atoms with van der Waals surface area (Å²) in [6.45, 7) is 1.85. The molecule has 0 saturated heterocycles. The van der Waals surface area contributed by atoms with Crippen molar-refractivity contribution in [3.05, 3.63) is 28.8 Å². The lowest BCUT2D eigenvalue weighted by Gasteiger charge is -2.20. The minimum absolute atomic E-state index is 0.141. The monoisotopic (exact) mass is 342 g/mol. The van der Waals surface area contributed by atoms with Crippen molar-refractivity contribution in [3.8, 4) is 0 Å². The van der Waals surface area contributed by atoms with Gasteiger partial charge in [0.15, 0.2) is 0 Å². The first-order chi connectivity index (χ1) is 10.9. The molecule has 0 spiro atoms. The van der Waals surface area contributed by atoms with E-state index in [1.54, 1.807) is 0 Å². The first-order valence-corrected chi connectivity index (χ1v) is 7.19. The van der Waals surface area contributed by atoms with Crippen molar-refractivity contribution in [2.45, 2.75) is 6.92 Å². The fraction of sp³-hybridized carbons (Fsp3) is 0.400. The molecule has 0 aliphatic rings. The van der Waals surface area contributed by atoms with Crippen molar-refractivity contribution in [3.63, 3.8) is 0 Å². The average molecular weight is 343 g/mol. The van der Waals surface area contributed by atoms with Crippen LogP contribution in [0.1, 0.15) is 17.3 Å². The Morgan fingerprint density at radius 3 is 2.52 bits per heavy atom. The molecule has 0 saturated carbocycles. The number of ether oxygens (including phenoxy) is 2. The van der Waals surface area contributed by atoms with Gasteiger partial charge >= 0.3 is 5.97 Å². The summed E-state index contributed by atoms with van der Waals surface area (Å²) in [4.78, 5) is 36.4. The van der Waals surface area contributed by atoms with Crippen molar-refractivity contribution < 1.29 is 23.9 Å².